The van der Waals surface area contributed by atoms with Gasteiger partial charge in [-0.3, -0.25) is 4.79 Å². The Morgan fingerprint density at radius 3 is 2.85 bits per heavy atom. The first-order valence-corrected chi connectivity index (χ1v) is 7.62. The Hall–Kier alpha value is -1.61. The van der Waals surface area contributed by atoms with Gasteiger partial charge in [0, 0.05) is 22.3 Å². The van der Waals surface area contributed by atoms with Crippen molar-refractivity contribution in [1.82, 2.24) is 0 Å². The van der Waals surface area contributed by atoms with Gasteiger partial charge in [0.15, 0.2) is 0 Å². The number of hydrogen-bond acceptors (Lipinski definition) is 1. The third-order valence-electron chi connectivity index (χ3n) is 3.79. The summed E-state index contributed by atoms with van der Waals surface area (Å²) in [7, 11) is 0. The number of para-hydroxylation sites is 1. The SMILES string of the molecule is Cc1ccc(Br)cc1C(=O)N1CCCc2ccccc21. The van der Waals surface area contributed by atoms with Crippen LogP contribution in [-0.2, 0) is 6.42 Å². The summed E-state index contributed by atoms with van der Waals surface area (Å²) in [5, 5.41) is 0. The summed E-state index contributed by atoms with van der Waals surface area (Å²) in [6.07, 6.45) is 2.08. The number of rotatable bonds is 1. The molecule has 20 heavy (non-hydrogen) atoms. The summed E-state index contributed by atoms with van der Waals surface area (Å²) in [6.45, 7) is 2.78. The summed E-state index contributed by atoms with van der Waals surface area (Å²) in [6, 6.07) is 14.1. The van der Waals surface area contributed by atoms with E-state index < -0.39 is 0 Å². The van der Waals surface area contributed by atoms with E-state index in [1.165, 1.54) is 5.56 Å². The van der Waals surface area contributed by atoms with Crippen LogP contribution < -0.4 is 4.90 Å². The zero-order valence-electron chi connectivity index (χ0n) is 11.4. The molecular formula is C17H16BrNO. The van der Waals surface area contributed by atoms with Gasteiger partial charge in [0.1, 0.15) is 0 Å². The molecule has 0 saturated carbocycles. The molecule has 0 aromatic heterocycles. The van der Waals surface area contributed by atoms with E-state index in [1.54, 1.807) is 0 Å². The van der Waals surface area contributed by atoms with Crippen molar-refractivity contribution in [2.75, 3.05) is 11.4 Å². The molecule has 0 radical (unpaired) electrons. The highest BCUT2D eigenvalue weighted by Crippen LogP contribution is 2.29. The molecule has 0 fully saturated rings. The molecule has 3 heteroatoms. The van der Waals surface area contributed by atoms with Gasteiger partial charge in [0.25, 0.3) is 5.91 Å². The molecule has 1 aliphatic rings. The predicted molar refractivity (Wildman–Crippen MR) is 85.3 cm³/mol. The van der Waals surface area contributed by atoms with Gasteiger partial charge in [-0.15, -0.1) is 0 Å². The molecule has 3 rings (SSSR count). The molecule has 0 atom stereocenters. The Balaban J connectivity index is 2.02. The second-order valence-corrected chi connectivity index (χ2v) is 6.06. The average Bonchev–Trinajstić information content (AvgIpc) is 2.48. The van der Waals surface area contributed by atoms with Crippen LogP contribution in [0.3, 0.4) is 0 Å². The van der Waals surface area contributed by atoms with Gasteiger partial charge < -0.3 is 4.90 Å². The highest BCUT2D eigenvalue weighted by atomic mass is 79.9. The summed E-state index contributed by atoms with van der Waals surface area (Å²) in [4.78, 5) is 14.8. The van der Waals surface area contributed by atoms with E-state index in [-0.39, 0.29) is 5.91 Å². The maximum atomic E-state index is 12.8. The highest BCUT2D eigenvalue weighted by Gasteiger charge is 2.24. The number of aryl methyl sites for hydroxylation is 2. The van der Waals surface area contributed by atoms with Crippen LogP contribution in [0.15, 0.2) is 46.9 Å². The van der Waals surface area contributed by atoms with Crippen LogP contribution in [0.2, 0.25) is 0 Å². The van der Waals surface area contributed by atoms with E-state index in [2.05, 4.69) is 22.0 Å². The number of carbonyl (C=O) groups is 1. The summed E-state index contributed by atoms with van der Waals surface area (Å²) >= 11 is 3.45. The predicted octanol–water partition coefficient (Wildman–Crippen LogP) is 4.35. The first-order chi connectivity index (χ1) is 9.66. The largest absolute Gasteiger partial charge is 0.308 e. The van der Waals surface area contributed by atoms with Crippen LogP contribution in [-0.4, -0.2) is 12.5 Å². The Bertz CT molecular complexity index is 666. The zero-order chi connectivity index (χ0) is 14.1. The molecule has 0 spiro atoms. The van der Waals surface area contributed by atoms with Gasteiger partial charge in [-0.25, -0.2) is 0 Å². The number of halogens is 1. The van der Waals surface area contributed by atoms with Crippen molar-refractivity contribution in [2.24, 2.45) is 0 Å². The van der Waals surface area contributed by atoms with Crippen molar-refractivity contribution in [3.63, 3.8) is 0 Å². The third-order valence-corrected chi connectivity index (χ3v) is 4.28. The van der Waals surface area contributed by atoms with E-state index in [9.17, 15) is 4.79 Å². The summed E-state index contributed by atoms with van der Waals surface area (Å²) < 4.78 is 0.941. The lowest BCUT2D eigenvalue weighted by Gasteiger charge is -2.30. The lowest BCUT2D eigenvalue weighted by molar-refractivity contribution is 0.0984. The van der Waals surface area contributed by atoms with Crippen LogP contribution >= 0.6 is 15.9 Å². The number of amides is 1. The van der Waals surface area contributed by atoms with Crippen LogP contribution in [0, 0.1) is 6.92 Å². The number of anilines is 1. The van der Waals surface area contributed by atoms with Crippen molar-refractivity contribution in [3.8, 4) is 0 Å². The molecule has 1 heterocycles. The van der Waals surface area contributed by atoms with E-state index in [0.717, 1.165) is 40.7 Å². The van der Waals surface area contributed by atoms with Gasteiger partial charge in [0.05, 0.1) is 0 Å². The second-order valence-electron chi connectivity index (χ2n) is 5.15. The minimum Gasteiger partial charge on any atom is -0.308 e. The Kier molecular flexibility index (Phi) is 3.62. The lowest BCUT2D eigenvalue weighted by Crippen LogP contribution is -2.35. The Morgan fingerprint density at radius 2 is 2.00 bits per heavy atom. The van der Waals surface area contributed by atoms with Crippen LogP contribution in [0.1, 0.15) is 27.9 Å². The fraction of sp³-hybridized carbons (Fsp3) is 0.235. The van der Waals surface area contributed by atoms with Gasteiger partial charge in [-0.05, 0) is 49.1 Å². The fourth-order valence-electron chi connectivity index (χ4n) is 2.71. The number of nitrogens with zero attached hydrogens (tertiary/aromatic N) is 1. The third kappa shape index (κ3) is 2.38. The fourth-order valence-corrected chi connectivity index (χ4v) is 3.08. The van der Waals surface area contributed by atoms with Crippen molar-refractivity contribution in [3.05, 3.63) is 63.6 Å². The van der Waals surface area contributed by atoms with Gasteiger partial charge >= 0.3 is 0 Å². The minimum absolute atomic E-state index is 0.0935. The maximum absolute atomic E-state index is 12.8. The quantitative estimate of drug-likeness (QED) is 0.761. The topological polar surface area (TPSA) is 20.3 Å². The maximum Gasteiger partial charge on any atom is 0.258 e. The molecule has 0 unspecified atom stereocenters. The van der Waals surface area contributed by atoms with Crippen LogP contribution in [0.5, 0.6) is 0 Å². The number of benzene rings is 2. The first kappa shape index (κ1) is 13.4. The van der Waals surface area contributed by atoms with E-state index in [1.807, 2.05) is 48.2 Å². The second kappa shape index (κ2) is 5.41. The van der Waals surface area contributed by atoms with E-state index in [4.69, 9.17) is 0 Å². The molecule has 0 saturated heterocycles. The lowest BCUT2D eigenvalue weighted by atomic mass is 10.00. The molecule has 2 aromatic carbocycles. The average molecular weight is 330 g/mol. The summed E-state index contributed by atoms with van der Waals surface area (Å²) in [5.74, 6) is 0.0935. The van der Waals surface area contributed by atoms with Crippen molar-refractivity contribution < 1.29 is 4.79 Å². The number of hydrogen-bond donors (Lipinski definition) is 0. The van der Waals surface area contributed by atoms with Crippen molar-refractivity contribution in [2.45, 2.75) is 19.8 Å². The molecule has 0 bridgehead atoms. The first-order valence-electron chi connectivity index (χ1n) is 6.83. The van der Waals surface area contributed by atoms with Gasteiger partial charge in [-0.1, -0.05) is 40.2 Å². The van der Waals surface area contributed by atoms with E-state index >= 15 is 0 Å². The molecule has 2 nitrogen and oxygen atoms in total. The standard InChI is InChI=1S/C17H16BrNO/c1-12-8-9-14(18)11-15(12)17(20)19-10-4-6-13-5-2-3-7-16(13)19/h2-3,5,7-9,11H,4,6,10H2,1H3. The number of carbonyl (C=O) groups excluding carboxylic acids is 1. The summed E-state index contributed by atoms with van der Waals surface area (Å²) in [5.41, 5.74) is 4.11. The normalized spacial score (nSPS) is 14.0. The van der Waals surface area contributed by atoms with E-state index in [0.29, 0.717) is 0 Å². The smallest absolute Gasteiger partial charge is 0.258 e. The molecule has 2 aromatic rings. The monoisotopic (exact) mass is 329 g/mol. The number of fused-ring (bicyclic) bond motifs is 1. The Labute approximate surface area is 127 Å². The zero-order valence-corrected chi connectivity index (χ0v) is 13.0. The molecule has 1 amide bonds. The molecular weight excluding hydrogens is 314 g/mol. The highest BCUT2D eigenvalue weighted by molar-refractivity contribution is 9.10. The van der Waals surface area contributed by atoms with Crippen molar-refractivity contribution in [1.29, 1.82) is 0 Å². The van der Waals surface area contributed by atoms with Crippen molar-refractivity contribution >= 4 is 27.5 Å². The molecule has 0 N–H and O–H groups in total. The van der Waals surface area contributed by atoms with Crippen LogP contribution in [0.25, 0.3) is 0 Å². The Morgan fingerprint density at radius 1 is 1.20 bits per heavy atom. The molecule has 0 aliphatic carbocycles. The molecule has 1 aliphatic heterocycles. The molecule has 102 valence electrons. The van der Waals surface area contributed by atoms with Gasteiger partial charge in [0.2, 0.25) is 0 Å². The minimum atomic E-state index is 0.0935. The van der Waals surface area contributed by atoms with Crippen LogP contribution in [0.4, 0.5) is 5.69 Å². The van der Waals surface area contributed by atoms with Gasteiger partial charge in [-0.2, -0.15) is 0 Å².